The van der Waals surface area contributed by atoms with Crippen LogP contribution in [0.25, 0.3) is 0 Å². The van der Waals surface area contributed by atoms with Crippen LogP contribution in [0.3, 0.4) is 0 Å². The molecule has 2 bridgehead atoms. The molecule has 38 heavy (non-hydrogen) atoms. The van der Waals surface area contributed by atoms with Gasteiger partial charge in [-0.1, -0.05) is 49.8 Å². The topological polar surface area (TPSA) is 94.5 Å². The van der Waals surface area contributed by atoms with E-state index in [0.717, 1.165) is 25.7 Å². The molecule has 0 aromatic carbocycles. The minimum atomic E-state index is -1.68. The van der Waals surface area contributed by atoms with Crippen molar-refractivity contribution in [3.8, 4) is 0 Å². The Balaban J connectivity index is 1.51. The van der Waals surface area contributed by atoms with E-state index in [1.807, 2.05) is 12.2 Å². The van der Waals surface area contributed by atoms with E-state index in [1.165, 1.54) is 5.57 Å². The molecule has 3 fully saturated rings. The normalized spacial score (nSPS) is 49.7. The van der Waals surface area contributed by atoms with E-state index in [0.29, 0.717) is 35.8 Å². The molecule has 0 saturated carbocycles. The molecule has 10 atom stereocenters. The zero-order valence-corrected chi connectivity index (χ0v) is 23.4. The van der Waals surface area contributed by atoms with E-state index in [4.69, 9.17) is 18.9 Å². The van der Waals surface area contributed by atoms with Gasteiger partial charge in [0.2, 0.25) is 0 Å². The van der Waals surface area contributed by atoms with Crippen molar-refractivity contribution in [3.63, 3.8) is 0 Å². The lowest BCUT2D eigenvalue weighted by atomic mass is 9.71. The van der Waals surface area contributed by atoms with Crippen molar-refractivity contribution in [1.82, 2.24) is 0 Å². The molecule has 0 radical (unpaired) electrons. The first-order valence-electron chi connectivity index (χ1n) is 14.3. The fourth-order valence-corrected chi connectivity index (χ4v) is 6.85. The van der Waals surface area contributed by atoms with Crippen molar-refractivity contribution in [2.24, 2.45) is 17.8 Å². The number of carbonyl (C=O) groups is 1. The van der Waals surface area contributed by atoms with Gasteiger partial charge in [-0.25, -0.2) is 0 Å². The van der Waals surface area contributed by atoms with Crippen molar-refractivity contribution in [2.75, 3.05) is 6.61 Å². The lowest BCUT2D eigenvalue weighted by molar-refractivity contribution is -0.332. The van der Waals surface area contributed by atoms with Gasteiger partial charge in [-0.3, -0.25) is 4.79 Å². The fraction of sp³-hybridized carbons (Fsp3) is 0.710. The van der Waals surface area contributed by atoms with Crippen LogP contribution in [0.2, 0.25) is 0 Å². The molecule has 0 aromatic rings. The van der Waals surface area contributed by atoms with E-state index in [9.17, 15) is 15.0 Å². The summed E-state index contributed by atoms with van der Waals surface area (Å²) in [6.45, 7) is 10.5. The largest absolute Gasteiger partial charge is 0.462 e. The summed E-state index contributed by atoms with van der Waals surface area (Å²) in [7, 11) is 0. The third-order valence-electron chi connectivity index (χ3n) is 9.30. The number of esters is 1. The van der Waals surface area contributed by atoms with Gasteiger partial charge < -0.3 is 29.2 Å². The lowest BCUT2D eigenvalue weighted by Crippen LogP contribution is -2.58. The number of fused-ring (bicyclic) bond motifs is 2. The summed E-state index contributed by atoms with van der Waals surface area (Å²) in [5.41, 5.74) is 0.783. The van der Waals surface area contributed by atoms with Crippen LogP contribution in [0.5, 0.6) is 0 Å². The van der Waals surface area contributed by atoms with Gasteiger partial charge in [0.1, 0.15) is 29.8 Å². The zero-order valence-electron chi connectivity index (χ0n) is 23.4. The molecule has 3 saturated heterocycles. The summed E-state index contributed by atoms with van der Waals surface area (Å²) in [6.07, 6.45) is 11.8. The van der Waals surface area contributed by atoms with Gasteiger partial charge in [-0.15, -0.1) is 0 Å². The van der Waals surface area contributed by atoms with Crippen molar-refractivity contribution in [1.29, 1.82) is 0 Å². The number of aliphatic hydroxyl groups is 2. The average molecular weight is 529 g/mol. The average Bonchev–Trinajstić information content (AvgIpc) is 3.19. The second kappa shape index (κ2) is 10.7. The molecular weight excluding hydrogens is 484 g/mol. The molecule has 7 heteroatoms. The van der Waals surface area contributed by atoms with E-state index in [-0.39, 0.29) is 18.8 Å². The van der Waals surface area contributed by atoms with Crippen molar-refractivity contribution >= 4 is 5.97 Å². The van der Waals surface area contributed by atoms with Gasteiger partial charge >= 0.3 is 5.97 Å². The van der Waals surface area contributed by atoms with Gasteiger partial charge in [0.15, 0.2) is 5.79 Å². The Hall–Kier alpha value is -1.77. The molecule has 0 amide bonds. The number of ether oxygens (including phenoxy) is 4. The molecule has 7 nitrogen and oxygen atoms in total. The van der Waals surface area contributed by atoms with E-state index >= 15 is 0 Å². The molecule has 4 heterocycles. The number of aliphatic hydroxyl groups excluding tert-OH is 1. The zero-order chi connectivity index (χ0) is 27.2. The third-order valence-corrected chi connectivity index (χ3v) is 9.30. The molecule has 0 aromatic heterocycles. The Labute approximate surface area is 226 Å². The van der Waals surface area contributed by atoms with Crippen molar-refractivity contribution in [3.05, 3.63) is 47.1 Å². The quantitative estimate of drug-likeness (QED) is 0.352. The highest BCUT2D eigenvalue weighted by Crippen LogP contribution is 2.47. The van der Waals surface area contributed by atoms with Crippen LogP contribution >= 0.6 is 0 Å². The number of carbonyl (C=O) groups excluding carboxylic acids is 1. The highest BCUT2D eigenvalue weighted by Gasteiger charge is 2.60. The summed E-state index contributed by atoms with van der Waals surface area (Å²) < 4.78 is 25.2. The SMILES string of the molecule is CC1=C[C@H]2C(=O)O[C@H]3C[C@@H](C/C=C(/C)C[C@@H](C)/C=C\C=C4\CO[C@H]([C@@H]1O)[C@@]42O)O[C@@]1(CC[C@H](C)[C@@H](C)O1)C3. The van der Waals surface area contributed by atoms with Crippen LogP contribution in [0.4, 0.5) is 0 Å². The summed E-state index contributed by atoms with van der Waals surface area (Å²) in [4.78, 5) is 13.8. The molecule has 5 aliphatic rings. The fourth-order valence-electron chi connectivity index (χ4n) is 6.85. The van der Waals surface area contributed by atoms with Crippen LogP contribution in [-0.4, -0.2) is 64.7 Å². The molecule has 4 aliphatic heterocycles. The number of allylic oxidation sites excluding steroid dienone is 4. The van der Waals surface area contributed by atoms with Crippen LogP contribution < -0.4 is 0 Å². The lowest BCUT2D eigenvalue weighted by Gasteiger charge is -2.49. The first-order chi connectivity index (χ1) is 18.0. The van der Waals surface area contributed by atoms with Gasteiger partial charge in [0, 0.05) is 19.3 Å². The first-order valence-corrected chi connectivity index (χ1v) is 14.3. The summed E-state index contributed by atoms with van der Waals surface area (Å²) in [5.74, 6) is -1.53. The maximum Gasteiger partial charge on any atom is 0.316 e. The Morgan fingerprint density at radius 3 is 2.66 bits per heavy atom. The standard InChI is InChI=1S/C31H44O7/c1-18-7-6-8-23-17-35-28-27(32)21(4)14-26(31(23,28)34)29(33)36-25-15-24(10-9-19(2)13-18)38-30(16-25)12-11-20(3)22(5)37-30/h6-9,14,18,20,22,24-28,32,34H,10-13,15-17H2,1-5H3/b7-6-,19-9-,23-8-/t18-,20-,22+,24+,25-,26-,27+,28+,30-,31+/m0/s1. The summed E-state index contributed by atoms with van der Waals surface area (Å²) in [6, 6.07) is 0. The Morgan fingerprint density at radius 2 is 1.89 bits per heavy atom. The number of hydrogen-bond acceptors (Lipinski definition) is 7. The number of rotatable bonds is 0. The Kier molecular flexibility index (Phi) is 7.79. The van der Waals surface area contributed by atoms with Crippen LogP contribution in [0.15, 0.2) is 47.1 Å². The van der Waals surface area contributed by atoms with E-state index in [1.54, 1.807) is 13.0 Å². The van der Waals surface area contributed by atoms with Crippen molar-refractivity contribution in [2.45, 2.75) is 115 Å². The van der Waals surface area contributed by atoms with Gasteiger partial charge in [-0.05, 0) is 63.0 Å². The predicted molar refractivity (Wildman–Crippen MR) is 143 cm³/mol. The molecule has 210 valence electrons. The first kappa shape index (κ1) is 27.8. The summed E-state index contributed by atoms with van der Waals surface area (Å²) in [5, 5.41) is 22.8. The smallest absolute Gasteiger partial charge is 0.316 e. The second-order valence-corrected chi connectivity index (χ2v) is 12.4. The van der Waals surface area contributed by atoms with E-state index in [2.05, 4.69) is 39.8 Å². The Morgan fingerprint density at radius 1 is 1.11 bits per heavy atom. The highest BCUT2D eigenvalue weighted by atomic mass is 16.7. The number of hydrogen-bond donors (Lipinski definition) is 2. The van der Waals surface area contributed by atoms with Crippen LogP contribution in [-0.2, 0) is 23.7 Å². The minimum Gasteiger partial charge on any atom is -0.462 e. The molecule has 1 spiro atoms. The maximum absolute atomic E-state index is 13.8. The van der Waals surface area contributed by atoms with Gasteiger partial charge in [0.05, 0.1) is 18.8 Å². The van der Waals surface area contributed by atoms with Crippen LogP contribution in [0.1, 0.15) is 73.1 Å². The minimum absolute atomic E-state index is 0.0526. The molecule has 0 unspecified atom stereocenters. The molecule has 2 N–H and O–H groups in total. The predicted octanol–water partition coefficient (Wildman–Crippen LogP) is 4.53. The van der Waals surface area contributed by atoms with Crippen molar-refractivity contribution < 1.29 is 34.0 Å². The molecular formula is C31H44O7. The Bertz CT molecular complexity index is 1040. The van der Waals surface area contributed by atoms with Gasteiger partial charge in [-0.2, -0.15) is 0 Å². The third kappa shape index (κ3) is 5.20. The van der Waals surface area contributed by atoms with Crippen LogP contribution in [0, 0.1) is 17.8 Å². The summed E-state index contributed by atoms with van der Waals surface area (Å²) >= 11 is 0. The monoisotopic (exact) mass is 528 g/mol. The van der Waals surface area contributed by atoms with Gasteiger partial charge in [0.25, 0.3) is 0 Å². The highest BCUT2D eigenvalue weighted by molar-refractivity contribution is 5.78. The maximum atomic E-state index is 13.8. The molecule has 1 aliphatic carbocycles. The second-order valence-electron chi connectivity index (χ2n) is 12.4. The van der Waals surface area contributed by atoms with E-state index < -0.39 is 41.6 Å². The molecule has 5 rings (SSSR count).